The highest BCUT2D eigenvalue weighted by molar-refractivity contribution is 14.0. The number of thiophene rings is 1. The van der Waals surface area contributed by atoms with Gasteiger partial charge in [0.25, 0.3) is 0 Å². The van der Waals surface area contributed by atoms with Gasteiger partial charge in [0.15, 0.2) is 5.96 Å². The molecule has 1 aromatic carbocycles. The van der Waals surface area contributed by atoms with Crippen molar-refractivity contribution in [2.75, 3.05) is 19.6 Å². The van der Waals surface area contributed by atoms with Crippen LogP contribution in [-0.4, -0.2) is 30.7 Å². The van der Waals surface area contributed by atoms with Crippen LogP contribution >= 0.6 is 35.3 Å². The molecule has 0 aliphatic rings. The first-order valence-electron chi connectivity index (χ1n) is 8.50. The second-order valence-corrected chi connectivity index (χ2v) is 6.99. The van der Waals surface area contributed by atoms with E-state index < -0.39 is 0 Å². The van der Waals surface area contributed by atoms with Gasteiger partial charge in [-0.2, -0.15) is 0 Å². The molecule has 3 N–H and O–H groups in total. The minimum Gasteiger partial charge on any atom is -0.508 e. The molecule has 2 aromatic rings. The van der Waals surface area contributed by atoms with E-state index in [1.54, 1.807) is 12.1 Å². The van der Waals surface area contributed by atoms with Gasteiger partial charge in [0.2, 0.25) is 0 Å². The highest BCUT2D eigenvalue weighted by Crippen LogP contribution is 2.14. The van der Waals surface area contributed by atoms with Gasteiger partial charge < -0.3 is 15.7 Å². The lowest BCUT2D eigenvalue weighted by atomic mass is 10.1. The first-order chi connectivity index (χ1) is 11.7. The molecule has 0 amide bonds. The van der Waals surface area contributed by atoms with E-state index in [4.69, 9.17) is 4.99 Å². The predicted molar refractivity (Wildman–Crippen MR) is 118 cm³/mol. The summed E-state index contributed by atoms with van der Waals surface area (Å²) in [5, 5.41) is 18.3. The van der Waals surface area contributed by atoms with Crippen molar-refractivity contribution in [3.63, 3.8) is 0 Å². The maximum absolute atomic E-state index is 9.50. The van der Waals surface area contributed by atoms with Gasteiger partial charge in [0, 0.05) is 24.5 Å². The molecule has 0 fully saturated rings. The third kappa shape index (κ3) is 8.58. The largest absolute Gasteiger partial charge is 0.508 e. The molecular formula is C19H28IN3OS. The number of aliphatic imine (C=N–C) groups is 1. The summed E-state index contributed by atoms with van der Waals surface area (Å²) >= 11 is 1.81. The first kappa shape index (κ1) is 21.8. The van der Waals surface area contributed by atoms with Gasteiger partial charge in [-0.3, -0.25) is 4.99 Å². The molecule has 138 valence electrons. The number of hydrogen-bond donors (Lipinski definition) is 3. The second kappa shape index (κ2) is 12.1. The zero-order valence-electron chi connectivity index (χ0n) is 14.9. The summed E-state index contributed by atoms with van der Waals surface area (Å²) in [6, 6.07) is 11.7. The van der Waals surface area contributed by atoms with E-state index in [1.165, 1.54) is 4.88 Å². The number of halogens is 1. The van der Waals surface area contributed by atoms with E-state index in [-0.39, 0.29) is 24.0 Å². The van der Waals surface area contributed by atoms with Crippen molar-refractivity contribution < 1.29 is 5.11 Å². The van der Waals surface area contributed by atoms with Crippen molar-refractivity contribution in [2.45, 2.75) is 26.7 Å². The zero-order valence-corrected chi connectivity index (χ0v) is 18.0. The summed E-state index contributed by atoms with van der Waals surface area (Å²) in [5.74, 6) is 1.69. The van der Waals surface area contributed by atoms with Crippen molar-refractivity contribution in [3.8, 4) is 5.75 Å². The Morgan fingerprint density at radius 1 is 1.24 bits per heavy atom. The monoisotopic (exact) mass is 473 g/mol. The Hall–Kier alpha value is -1.28. The molecule has 0 aliphatic heterocycles. The fourth-order valence-electron chi connectivity index (χ4n) is 2.46. The molecule has 1 unspecified atom stereocenters. The SMILES string of the molecule is CCNC(=NCC(C)Cc1cccs1)NCCc1cccc(O)c1.I. The van der Waals surface area contributed by atoms with Crippen LogP contribution < -0.4 is 10.6 Å². The molecular weight excluding hydrogens is 445 g/mol. The van der Waals surface area contributed by atoms with Gasteiger partial charge in [-0.15, -0.1) is 35.3 Å². The molecule has 0 saturated carbocycles. The van der Waals surface area contributed by atoms with Crippen LogP contribution in [0.15, 0.2) is 46.8 Å². The molecule has 6 heteroatoms. The molecule has 0 radical (unpaired) electrons. The predicted octanol–water partition coefficient (Wildman–Crippen LogP) is 4.05. The van der Waals surface area contributed by atoms with Crippen LogP contribution in [0.4, 0.5) is 0 Å². The summed E-state index contributed by atoms with van der Waals surface area (Å²) in [5.41, 5.74) is 1.12. The molecule has 0 aliphatic carbocycles. The normalized spacial score (nSPS) is 12.3. The average Bonchev–Trinajstić information content (AvgIpc) is 3.05. The Morgan fingerprint density at radius 3 is 2.76 bits per heavy atom. The Kier molecular flexibility index (Phi) is 10.6. The molecule has 1 heterocycles. The molecule has 4 nitrogen and oxygen atoms in total. The lowest BCUT2D eigenvalue weighted by Crippen LogP contribution is -2.38. The zero-order chi connectivity index (χ0) is 17.2. The van der Waals surface area contributed by atoms with E-state index in [1.807, 2.05) is 23.5 Å². The second-order valence-electron chi connectivity index (χ2n) is 5.95. The van der Waals surface area contributed by atoms with Crippen LogP contribution in [0.25, 0.3) is 0 Å². The van der Waals surface area contributed by atoms with Crippen molar-refractivity contribution in [1.82, 2.24) is 10.6 Å². The topological polar surface area (TPSA) is 56.7 Å². The lowest BCUT2D eigenvalue weighted by molar-refractivity contribution is 0.474. The van der Waals surface area contributed by atoms with Crippen LogP contribution in [0.2, 0.25) is 0 Å². The van der Waals surface area contributed by atoms with E-state index in [0.717, 1.165) is 44.0 Å². The lowest BCUT2D eigenvalue weighted by Gasteiger charge is -2.13. The highest BCUT2D eigenvalue weighted by Gasteiger charge is 2.05. The summed E-state index contributed by atoms with van der Waals surface area (Å²) in [4.78, 5) is 6.11. The third-order valence-electron chi connectivity index (χ3n) is 3.65. The van der Waals surface area contributed by atoms with Crippen molar-refractivity contribution in [1.29, 1.82) is 0 Å². The number of guanidine groups is 1. The van der Waals surface area contributed by atoms with Crippen LogP contribution in [-0.2, 0) is 12.8 Å². The van der Waals surface area contributed by atoms with Crippen LogP contribution in [0, 0.1) is 5.92 Å². The Balaban J connectivity index is 0.00000312. The molecule has 1 atom stereocenters. The molecule has 0 spiro atoms. The average molecular weight is 473 g/mol. The fraction of sp³-hybridized carbons (Fsp3) is 0.421. The van der Waals surface area contributed by atoms with Gasteiger partial charge in [0.1, 0.15) is 5.75 Å². The smallest absolute Gasteiger partial charge is 0.191 e. The third-order valence-corrected chi connectivity index (χ3v) is 4.55. The van der Waals surface area contributed by atoms with Crippen molar-refractivity contribution >= 4 is 41.3 Å². The summed E-state index contributed by atoms with van der Waals surface area (Å²) < 4.78 is 0. The summed E-state index contributed by atoms with van der Waals surface area (Å²) in [6.45, 7) is 6.74. The van der Waals surface area contributed by atoms with Crippen LogP contribution in [0.5, 0.6) is 5.75 Å². The molecule has 2 rings (SSSR count). The maximum Gasteiger partial charge on any atom is 0.191 e. The fourth-order valence-corrected chi connectivity index (χ4v) is 3.33. The number of aromatic hydroxyl groups is 1. The molecule has 25 heavy (non-hydrogen) atoms. The summed E-state index contributed by atoms with van der Waals surface area (Å²) in [7, 11) is 0. The minimum absolute atomic E-state index is 0. The first-order valence-corrected chi connectivity index (χ1v) is 9.37. The Bertz CT molecular complexity index is 631. The van der Waals surface area contributed by atoms with Crippen LogP contribution in [0.3, 0.4) is 0 Å². The number of nitrogens with zero attached hydrogens (tertiary/aromatic N) is 1. The van der Waals surface area contributed by atoms with Crippen molar-refractivity contribution in [3.05, 3.63) is 52.2 Å². The van der Waals surface area contributed by atoms with Gasteiger partial charge >= 0.3 is 0 Å². The maximum atomic E-state index is 9.50. The van der Waals surface area contributed by atoms with E-state index >= 15 is 0 Å². The van der Waals surface area contributed by atoms with Crippen LogP contribution in [0.1, 0.15) is 24.3 Å². The number of phenolic OH excluding ortho intramolecular Hbond substituents is 1. The van der Waals surface area contributed by atoms with Gasteiger partial charge in [-0.1, -0.05) is 25.1 Å². The molecule has 0 saturated heterocycles. The quantitative estimate of drug-likeness (QED) is 0.308. The van der Waals surface area contributed by atoms with E-state index in [2.05, 4.69) is 42.0 Å². The van der Waals surface area contributed by atoms with Gasteiger partial charge in [-0.25, -0.2) is 0 Å². The molecule has 1 aromatic heterocycles. The van der Waals surface area contributed by atoms with Gasteiger partial charge in [0.05, 0.1) is 0 Å². The highest BCUT2D eigenvalue weighted by atomic mass is 127. The number of phenols is 1. The number of rotatable bonds is 8. The van der Waals surface area contributed by atoms with E-state index in [9.17, 15) is 5.11 Å². The Labute approximate surface area is 171 Å². The van der Waals surface area contributed by atoms with E-state index in [0.29, 0.717) is 11.7 Å². The minimum atomic E-state index is 0. The number of benzene rings is 1. The molecule has 0 bridgehead atoms. The summed E-state index contributed by atoms with van der Waals surface area (Å²) in [6.07, 6.45) is 1.92. The Morgan fingerprint density at radius 2 is 2.08 bits per heavy atom. The number of hydrogen-bond acceptors (Lipinski definition) is 3. The number of nitrogens with one attached hydrogen (secondary N) is 2. The van der Waals surface area contributed by atoms with Gasteiger partial charge in [-0.05, 0) is 54.8 Å². The van der Waals surface area contributed by atoms with Crippen molar-refractivity contribution in [2.24, 2.45) is 10.9 Å². The standard InChI is InChI=1S/C19H27N3OS.HI/c1-3-20-19(21-10-9-16-6-4-7-17(23)13-16)22-14-15(2)12-18-8-5-11-24-18;/h4-8,11,13,15,23H,3,9-10,12,14H2,1-2H3,(H2,20,21,22);1H.